The van der Waals surface area contributed by atoms with Crippen molar-refractivity contribution >= 4 is 40.5 Å². The first-order valence-corrected chi connectivity index (χ1v) is 12.3. The van der Waals surface area contributed by atoms with E-state index < -0.39 is 5.97 Å². The predicted molar refractivity (Wildman–Crippen MR) is 135 cm³/mol. The number of Topliss-reactive ketones (excluding diaryl/α,β-unsaturated/α-hetero) is 1. The van der Waals surface area contributed by atoms with Crippen molar-refractivity contribution in [3.63, 3.8) is 0 Å². The summed E-state index contributed by atoms with van der Waals surface area (Å²) in [6.07, 6.45) is 3.77. The van der Waals surface area contributed by atoms with E-state index in [2.05, 4.69) is 22.4 Å². The van der Waals surface area contributed by atoms with E-state index in [0.29, 0.717) is 22.8 Å². The van der Waals surface area contributed by atoms with E-state index in [0.717, 1.165) is 28.1 Å². The van der Waals surface area contributed by atoms with Gasteiger partial charge in [-0.25, -0.2) is 4.79 Å². The molecule has 2 aliphatic heterocycles. The second kappa shape index (κ2) is 9.05. The van der Waals surface area contributed by atoms with Crippen LogP contribution < -0.4 is 14.4 Å². The fraction of sp³-hybridized carbons (Fsp3) is 0.143. The number of anilines is 1. The second-order valence-electron chi connectivity index (χ2n) is 8.40. The Morgan fingerprint density at radius 1 is 1.08 bits per heavy atom. The van der Waals surface area contributed by atoms with Gasteiger partial charge in [0.25, 0.3) is 0 Å². The van der Waals surface area contributed by atoms with Gasteiger partial charge in [-0.2, -0.15) is 11.3 Å². The fourth-order valence-corrected chi connectivity index (χ4v) is 5.30. The Hall–Kier alpha value is -4.30. The zero-order chi connectivity index (χ0) is 24.6. The number of esters is 1. The minimum Gasteiger partial charge on any atom is -0.465 e. The molecule has 2 aromatic carbocycles. The molecule has 2 aromatic heterocycles. The maximum absolute atomic E-state index is 13.3. The van der Waals surface area contributed by atoms with Crippen molar-refractivity contribution in [2.24, 2.45) is 0 Å². The van der Waals surface area contributed by atoms with Crippen LogP contribution in [0.25, 0.3) is 11.8 Å². The van der Waals surface area contributed by atoms with Gasteiger partial charge in [0.1, 0.15) is 0 Å². The smallest absolute Gasteiger partial charge is 0.337 e. The number of furan rings is 1. The summed E-state index contributed by atoms with van der Waals surface area (Å²) in [6, 6.07) is 16.2. The van der Waals surface area contributed by atoms with Crippen molar-refractivity contribution in [3.05, 3.63) is 99.6 Å². The first-order valence-electron chi connectivity index (χ1n) is 11.3. The first-order chi connectivity index (χ1) is 17.6. The number of thiophene rings is 1. The molecule has 0 fully saturated rings. The van der Waals surface area contributed by atoms with Crippen LogP contribution in [0.1, 0.15) is 50.1 Å². The van der Waals surface area contributed by atoms with E-state index in [1.165, 1.54) is 13.4 Å². The predicted octanol–water partition coefficient (Wildman–Crippen LogP) is 6.19. The molecule has 0 saturated heterocycles. The summed E-state index contributed by atoms with van der Waals surface area (Å²) in [5.74, 6) is 1.12. The Kier molecular flexibility index (Phi) is 5.58. The minimum absolute atomic E-state index is 0.114. The fourth-order valence-electron chi connectivity index (χ4n) is 4.65. The number of rotatable bonds is 6. The lowest BCUT2D eigenvalue weighted by molar-refractivity contribution is 0.0600. The van der Waals surface area contributed by atoms with Gasteiger partial charge in [-0.3, -0.25) is 4.79 Å². The zero-order valence-electron chi connectivity index (χ0n) is 19.3. The Morgan fingerprint density at radius 3 is 2.58 bits per heavy atom. The SMILES string of the molecule is COC(=O)c1ccc(N2C(c3ccsc3)=Cc3cc4c(cc3C2CC(=O)c2ccco2)OCO4)cc1. The van der Waals surface area contributed by atoms with E-state index >= 15 is 0 Å². The highest BCUT2D eigenvalue weighted by molar-refractivity contribution is 7.08. The van der Waals surface area contributed by atoms with Crippen molar-refractivity contribution < 1.29 is 28.2 Å². The van der Waals surface area contributed by atoms with Gasteiger partial charge in [-0.05, 0) is 77.2 Å². The molecule has 1 unspecified atom stereocenters. The molecule has 7 nitrogen and oxygen atoms in total. The largest absolute Gasteiger partial charge is 0.465 e. The summed E-state index contributed by atoms with van der Waals surface area (Å²) in [7, 11) is 1.36. The molecule has 8 heteroatoms. The third kappa shape index (κ3) is 3.85. The minimum atomic E-state index is -0.406. The monoisotopic (exact) mass is 499 g/mol. The van der Waals surface area contributed by atoms with Gasteiger partial charge in [0.2, 0.25) is 6.79 Å². The topological polar surface area (TPSA) is 78.2 Å². The Morgan fingerprint density at radius 2 is 1.89 bits per heavy atom. The molecule has 0 saturated carbocycles. The number of ether oxygens (including phenoxy) is 3. The number of carbonyl (C=O) groups excluding carboxylic acids is 2. The highest BCUT2D eigenvalue weighted by Gasteiger charge is 2.35. The van der Waals surface area contributed by atoms with Gasteiger partial charge in [-0.1, -0.05) is 0 Å². The summed E-state index contributed by atoms with van der Waals surface area (Å²) in [5, 5.41) is 4.10. The van der Waals surface area contributed by atoms with E-state index in [4.69, 9.17) is 18.6 Å². The third-order valence-corrected chi connectivity index (χ3v) is 7.04. The van der Waals surface area contributed by atoms with Crippen LogP contribution in [-0.2, 0) is 4.74 Å². The Bertz CT molecular complexity index is 1450. The average Bonchev–Trinajstić information content (AvgIpc) is 3.69. The Labute approximate surface area is 211 Å². The number of ketones is 1. The summed E-state index contributed by atoms with van der Waals surface area (Å²) in [6.45, 7) is 0.161. The van der Waals surface area contributed by atoms with Gasteiger partial charge >= 0.3 is 5.97 Å². The molecule has 0 amide bonds. The van der Waals surface area contributed by atoms with Crippen LogP contribution >= 0.6 is 11.3 Å². The lowest BCUT2D eigenvalue weighted by Crippen LogP contribution is -2.32. The molecule has 0 aliphatic carbocycles. The number of methoxy groups -OCH3 is 1. The molecule has 4 aromatic rings. The van der Waals surface area contributed by atoms with Crippen molar-refractivity contribution in [2.45, 2.75) is 12.5 Å². The summed E-state index contributed by atoms with van der Waals surface area (Å²) >= 11 is 1.60. The van der Waals surface area contributed by atoms with Gasteiger partial charge < -0.3 is 23.5 Å². The molecular weight excluding hydrogens is 478 g/mol. The maximum Gasteiger partial charge on any atom is 0.337 e. The molecule has 0 radical (unpaired) electrons. The number of carbonyl (C=O) groups is 2. The summed E-state index contributed by atoms with van der Waals surface area (Å²) < 4.78 is 21.6. The van der Waals surface area contributed by atoms with Crippen molar-refractivity contribution in [1.29, 1.82) is 0 Å². The van der Waals surface area contributed by atoms with Gasteiger partial charge in [0.15, 0.2) is 23.0 Å². The van der Waals surface area contributed by atoms with Crippen LogP contribution in [0.15, 0.2) is 76.0 Å². The standard InChI is InChI=1S/C28H21NO6S/c1-32-28(31)17-4-6-20(7-5-17)29-22(18-8-10-36-15-18)11-19-12-26-27(35-16-34-26)13-21(19)23(29)14-24(30)25-3-2-9-33-25/h2-13,15,23H,14,16H2,1H3. The van der Waals surface area contributed by atoms with Crippen molar-refractivity contribution in [2.75, 3.05) is 18.8 Å². The molecule has 4 heterocycles. The molecule has 36 heavy (non-hydrogen) atoms. The van der Waals surface area contributed by atoms with E-state index in [1.54, 1.807) is 35.6 Å². The number of fused-ring (bicyclic) bond motifs is 2. The van der Waals surface area contributed by atoms with Crippen molar-refractivity contribution in [1.82, 2.24) is 0 Å². The molecule has 180 valence electrons. The Balaban J connectivity index is 1.52. The van der Waals surface area contributed by atoms with Crippen LogP contribution in [0.5, 0.6) is 11.5 Å². The van der Waals surface area contributed by atoms with Gasteiger partial charge in [-0.15, -0.1) is 0 Å². The zero-order valence-corrected chi connectivity index (χ0v) is 20.1. The molecule has 2 aliphatic rings. The van der Waals surface area contributed by atoms with E-state index in [-0.39, 0.29) is 25.0 Å². The highest BCUT2D eigenvalue weighted by Crippen LogP contribution is 2.48. The normalized spacial score (nSPS) is 15.9. The lowest BCUT2D eigenvalue weighted by atomic mass is 9.88. The molecule has 0 bridgehead atoms. The first kappa shape index (κ1) is 22.2. The maximum atomic E-state index is 13.3. The quantitative estimate of drug-likeness (QED) is 0.231. The van der Waals surface area contributed by atoms with E-state index in [1.807, 2.05) is 29.6 Å². The lowest BCUT2D eigenvalue weighted by Gasteiger charge is -2.39. The molecule has 1 atom stereocenters. The summed E-state index contributed by atoms with van der Waals surface area (Å²) in [4.78, 5) is 27.5. The number of hydrogen-bond donors (Lipinski definition) is 0. The van der Waals surface area contributed by atoms with Gasteiger partial charge in [0, 0.05) is 23.1 Å². The number of nitrogens with zero attached hydrogens (tertiary/aromatic N) is 1. The molecule has 6 rings (SSSR count). The van der Waals surface area contributed by atoms with Crippen LogP contribution in [0, 0.1) is 0 Å². The van der Waals surface area contributed by atoms with Crippen LogP contribution in [0.2, 0.25) is 0 Å². The highest BCUT2D eigenvalue weighted by atomic mass is 32.1. The van der Waals surface area contributed by atoms with Crippen LogP contribution in [0.4, 0.5) is 5.69 Å². The average molecular weight is 500 g/mol. The number of benzene rings is 2. The molecular formula is C28H21NO6S. The number of hydrogen-bond acceptors (Lipinski definition) is 8. The molecule has 0 spiro atoms. The third-order valence-electron chi connectivity index (χ3n) is 6.36. The van der Waals surface area contributed by atoms with Crippen LogP contribution in [0.3, 0.4) is 0 Å². The van der Waals surface area contributed by atoms with Crippen molar-refractivity contribution in [3.8, 4) is 11.5 Å². The molecule has 0 N–H and O–H groups in total. The van der Waals surface area contributed by atoms with Crippen LogP contribution in [-0.4, -0.2) is 25.7 Å². The summed E-state index contributed by atoms with van der Waals surface area (Å²) in [5.41, 5.74) is 5.14. The van der Waals surface area contributed by atoms with E-state index in [9.17, 15) is 9.59 Å². The van der Waals surface area contributed by atoms with Gasteiger partial charge in [0.05, 0.1) is 30.7 Å². The second-order valence-corrected chi connectivity index (χ2v) is 9.18.